The van der Waals surface area contributed by atoms with Gasteiger partial charge in [-0.25, -0.2) is 0 Å². The Balaban J connectivity index is 2.01. The van der Waals surface area contributed by atoms with Gasteiger partial charge in [-0.2, -0.15) is 0 Å². The second kappa shape index (κ2) is 6.62. The van der Waals surface area contributed by atoms with Crippen LogP contribution in [0.1, 0.15) is 26.7 Å². The Kier molecular flexibility index (Phi) is 4.86. The van der Waals surface area contributed by atoms with E-state index in [0.717, 1.165) is 18.8 Å². The maximum atomic E-state index is 5.25. The standard InChI is InChI=1S/C16H24N2O/c1-4-14(5-2)17-9-11-18-10-8-13-12-15(19-3)6-7-16(13)18/h6-8,10,12,14,17H,4-5,9,11H2,1-3H3. The zero-order valence-electron chi connectivity index (χ0n) is 12.1. The van der Waals surface area contributed by atoms with Crippen molar-refractivity contribution >= 4 is 10.9 Å². The first-order valence-corrected chi connectivity index (χ1v) is 7.14. The minimum absolute atomic E-state index is 0.641. The summed E-state index contributed by atoms with van der Waals surface area (Å²) in [5, 5.41) is 4.84. The van der Waals surface area contributed by atoms with E-state index in [1.165, 1.54) is 23.7 Å². The van der Waals surface area contributed by atoms with Crippen LogP contribution in [0.5, 0.6) is 5.75 Å². The number of fused-ring (bicyclic) bond motifs is 1. The monoisotopic (exact) mass is 260 g/mol. The molecule has 1 aromatic carbocycles. The summed E-state index contributed by atoms with van der Waals surface area (Å²) in [6, 6.07) is 9.02. The predicted molar refractivity (Wildman–Crippen MR) is 80.9 cm³/mol. The number of hydrogen-bond acceptors (Lipinski definition) is 2. The first kappa shape index (κ1) is 13.9. The van der Waals surface area contributed by atoms with E-state index < -0.39 is 0 Å². The largest absolute Gasteiger partial charge is 0.497 e. The lowest BCUT2D eigenvalue weighted by Crippen LogP contribution is -2.30. The number of ether oxygens (including phenoxy) is 1. The maximum absolute atomic E-state index is 5.25. The van der Waals surface area contributed by atoms with Gasteiger partial charge in [-0.15, -0.1) is 0 Å². The van der Waals surface area contributed by atoms with Crippen LogP contribution in [0.15, 0.2) is 30.5 Å². The van der Waals surface area contributed by atoms with E-state index >= 15 is 0 Å². The van der Waals surface area contributed by atoms with Gasteiger partial charge in [0.15, 0.2) is 0 Å². The van der Waals surface area contributed by atoms with Gasteiger partial charge in [0.25, 0.3) is 0 Å². The smallest absolute Gasteiger partial charge is 0.119 e. The third-order valence-electron chi connectivity index (χ3n) is 3.75. The Bertz CT molecular complexity index is 514. The fourth-order valence-electron chi connectivity index (χ4n) is 2.47. The molecular weight excluding hydrogens is 236 g/mol. The Morgan fingerprint density at radius 3 is 2.68 bits per heavy atom. The number of methoxy groups -OCH3 is 1. The van der Waals surface area contributed by atoms with Crippen molar-refractivity contribution in [1.82, 2.24) is 9.88 Å². The van der Waals surface area contributed by atoms with Crippen LogP contribution in [-0.2, 0) is 6.54 Å². The van der Waals surface area contributed by atoms with Crippen LogP contribution in [0, 0.1) is 0 Å². The van der Waals surface area contributed by atoms with Crippen LogP contribution >= 0.6 is 0 Å². The van der Waals surface area contributed by atoms with E-state index in [1.54, 1.807) is 7.11 Å². The molecule has 1 aromatic heterocycles. The quantitative estimate of drug-likeness (QED) is 0.825. The molecule has 0 atom stereocenters. The molecule has 0 saturated carbocycles. The van der Waals surface area contributed by atoms with Crippen molar-refractivity contribution in [1.29, 1.82) is 0 Å². The fourth-order valence-corrected chi connectivity index (χ4v) is 2.47. The van der Waals surface area contributed by atoms with Crippen molar-refractivity contribution in [2.24, 2.45) is 0 Å². The molecule has 3 heteroatoms. The summed E-state index contributed by atoms with van der Waals surface area (Å²) in [4.78, 5) is 0. The molecule has 2 rings (SSSR count). The summed E-state index contributed by atoms with van der Waals surface area (Å²) < 4.78 is 7.55. The highest BCUT2D eigenvalue weighted by Gasteiger charge is 2.04. The number of nitrogens with one attached hydrogen (secondary N) is 1. The summed E-state index contributed by atoms with van der Waals surface area (Å²) in [7, 11) is 1.71. The van der Waals surface area contributed by atoms with Crippen molar-refractivity contribution < 1.29 is 4.74 Å². The molecule has 1 N–H and O–H groups in total. The molecule has 0 aliphatic carbocycles. The average Bonchev–Trinajstić information content (AvgIpc) is 2.86. The Morgan fingerprint density at radius 1 is 1.21 bits per heavy atom. The first-order valence-electron chi connectivity index (χ1n) is 7.14. The van der Waals surface area contributed by atoms with E-state index in [9.17, 15) is 0 Å². The molecule has 0 bridgehead atoms. The fraction of sp³-hybridized carbons (Fsp3) is 0.500. The second-order valence-corrected chi connectivity index (χ2v) is 4.90. The topological polar surface area (TPSA) is 26.2 Å². The Hall–Kier alpha value is -1.48. The molecule has 0 unspecified atom stereocenters. The van der Waals surface area contributed by atoms with E-state index in [-0.39, 0.29) is 0 Å². The Morgan fingerprint density at radius 2 is 2.00 bits per heavy atom. The zero-order valence-corrected chi connectivity index (χ0v) is 12.1. The summed E-state index contributed by atoms with van der Waals surface area (Å²) in [5.41, 5.74) is 1.27. The van der Waals surface area contributed by atoms with Gasteiger partial charge >= 0.3 is 0 Å². The van der Waals surface area contributed by atoms with Gasteiger partial charge in [0.1, 0.15) is 5.75 Å². The SMILES string of the molecule is CCC(CC)NCCn1ccc2cc(OC)ccc21. The van der Waals surface area contributed by atoms with E-state index in [4.69, 9.17) is 4.74 Å². The van der Waals surface area contributed by atoms with E-state index in [0.29, 0.717) is 6.04 Å². The number of benzene rings is 1. The van der Waals surface area contributed by atoms with Crippen LogP contribution < -0.4 is 10.1 Å². The maximum Gasteiger partial charge on any atom is 0.119 e. The van der Waals surface area contributed by atoms with Crippen molar-refractivity contribution in [3.63, 3.8) is 0 Å². The molecule has 0 radical (unpaired) electrons. The normalized spacial score (nSPS) is 11.4. The number of rotatable bonds is 7. The number of aromatic nitrogens is 1. The van der Waals surface area contributed by atoms with Gasteiger partial charge in [0.05, 0.1) is 7.11 Å². The van der Waals surface area contributed by atoms with Crippen LogP contribution in [0.3, 0.4) is 0 Å². The third-order valence-corrected chi connectivity index (χ3v) is 3.75. The number of hydrogen-bond donors (Lipinski definition) is 1. The molecule has 0 spiro atoms. The molecule has 1 heterocycles. The van der Waals surface area contributed by atoms with E-state index in [1.807, 2.05) is 6.07 Å². The summed E-state index contributed by atoms with van der Waals surface area (Å²) in [6.45, 7) is 6.49. The van der Waals surface area contributed by atoms with Crippen molar-refractivity contribution in [3.8, 4) is 5.75 Å². The average molecular weight is 260 g/mol. The van der Waals surface area contributed by atoms with Gasteiger partial charge in [-0.1, -0.05) is 13.8 Å². The van der Waals surface area contributed by atoms with Gasteiger partial charge in [0, 0.05) is 36.2 Å². The summed E-state index contributed by atoms with van der Waals surface area (Å²) in [5.74, 6) is 0.917. The van der Waals surface area contributed by atoms with Crippen molar-refractivity contribution in [3.05, 3.63) is 30.5 Å². The van der Waals surface area contributed by atoms with Crippen LogP contribution in [0.25, 0.3) is 10.9 Å². The second-order valence-electron chi connectivity index (χ2n) is 4.90. The molecule has 0 aliphatic heterocycles. The van der Waals surface area contributed by atoms with Gasteiger partial charge < -0.3 is 14.6 Å². The molecule has 104 valence electrons. The number of nitrogens with zero attached hydrogens (tertiary/aromatic N) is 1. The lowest BCUT2D eigenvalue weighted by molar-refractivity contribution is 0.415. The summed E-state index contributed by atoms with van der Waals surface area (Å²) in [6.07, 6.45) is 4.54. The predicted octanol–water partition coefficient (Wildman–Crippen LogP) is 3.43. The van der Waals surface area contributed by atoms with Gasteiger partial charge in [-0.3, -0.25) is 0 Å². The molecule has 2 aromatic rings. The van der Waals surface area contributed by atoms with Gasteiger partial charge in [0.2, 0.25) is 0 Å². The molecule has 0 fully saturated rings. The van der Waals surface area contributed by atoms with E-state index in [2.05, 4.69) is 48.1 Å². The Labute approximate surface area is 115 Å². The summed E-state index contributed by atoms with van der Waals surface area (Å²) >= 11 is 0. The van der Waals surface area contributed by atoms with Crippen molar-refractivity contribution in [2.75, 3.05) is 13.7 Å². The molecule has 0 amide bonds. The molecular formula is C16H24N2O. The van der Waals surface area contributed by atoms with Crippen LogP contribution in [-0.4, -0.2) is 24.3 Å². The molecule has 19 heavy (non-hydrogen) atoms. The molecule has 3 nitrogen and oxygen atoms in total. The molecule has 0 saturated heterocycles. The molecule has 0 aliphatic rings. The highest BCUT2D eigenvalue weighted by molar-refractivity contribution is 5.81. The van der Waals surface area contributed by atoms with Crippen LogP contribution in [0.2, 0.25) is 0 Å². The highest BCUT2D eigenvalue weighted by Crippen LogP contribution is 2.21. The first-order chi connectivity index (χ1) is 9.28. The lowest BCUT2D eigenvalue weighted by Gasteiger charge is -2.15. The zero-order chi connectivity index (χ0) is 13.7. The minimum Gasteiger partial charge on any atom is -0.497 e. The van der Waals surface area contributed by atoms with Crippen molar-refractivity contribution in [2.45, 2.75) is 39.3 Å². The highest BCUT2D eigenvalue weighted by atomic mass is 16.5. The van der Waals surface area contributed by atoms with Crippen LogP contribution in [0.4, 0.5) is 0 Å². The minimum atomic E-state index is 0.641. The third kappa shape index (κ3) is 3.29. The van der Waals surface area contributed by atoms with Gasteiger partial charge in [-0.05, 0) is 37.1 Å². The lowest BCUT2D eigenvalue weighted by atomic mass is 10.2.